The molecule has 9 N–H and O–H groups in total. The predicted octanol–water partition coefficient (Wildman–Crippen LogP) is 5.54. The molecule has 0 saturated carbocycles. The summed E-state index contributed by atoms with van der Waals surface area (Å²) in [6.45, 7) is 2.70. The number of carbonyl (C=O) groups is 1. The summed E-state index contributed by atoms with van der Waals surface area (Å²) >= 11 is 0. The molecule has 0 aromatic carbocycles. The van der Waals surface area contributed by atoms with Crippen LogP contribution in [0.25, 0.3) is 0 Å². The summed E-state index contributed by atoms with van der Waals surface area (Å²) in [6.07, 6.45) is 21.5. The molecule has 2 fully saturated rings. The molecule has 0 radical (unpaired) electrons. The van der Waals surface area contributed by atoms with E-state index in [0.29, 0.717) is 12.8 Å². The van der Waals surface area contributed by atoms with Crippen LogP contribution < -0.4 is 5.32 Å². The van der Waals surface area contributed by atoms with Gasteiger partial charge in [0.05, 0.1) is 32.0 Å². The van der Waals surface area contributed by atoms with E-state index in [4.69, 9.17) is 18.9 Å². The predicted molar refractivity (Wildman–Crippen MR) is 240 cm³/mol. The van der Waals surface area contributed by atoms with Crippen molar-refractivity contribution >= 4 is 5.91 Å². The second-order valence-electron chi connectivity index (χ2n) is 17.2. The number of hydrogen-bond acceptors (Lipinski definition) is 13. The van der Waals surface area contributed by atoms with Gasteiger partial charge in [-0.05, 0) is 44.9 Å². The van der Waals surface area contributed by atoms with Gasteiger partial charge in [-0.2, -0.15) is 0 Å². The van der Waals surface area contributed by atoms with Crippen molar-refractivity contribution in [1.29, 1.82) is 0 Å². The molecule has 0 aromatic rings. The average Bonchev–Trinajstić information content (AvgIpc) is 3.27. The second-order valence-corrected chi connectivity index (χ2v) is 17.2. The third kappa shape index (κ3) is 22.9. The Kier molecular flexibility index (Phi) is 32.2. The van der Waals surface area contributed by atoms with Crippen LogP contribution in [0.4, 0.5) is 0 Å². The number of carbonyl (C=O) groups excluding carboxylic acids is 1. The van der Waals surface area contributed by atoms with E-state index < -0.39 is 86.8 Å². The third-order valence-corrected chi connectivity index (χ3v) is 11.9. The van der Waals surface area contributed by atoms with Crippen LogP contribution in [-0.2, 0) is 23.7 Å². The number of rotatable bonds is 36. The van der Waals surface area contributed by atoms with Crippen LogP contribution in [0.2, 0.25) is 0 Å². The quantitative estimate of drug-likeness (QED) is 0.0279. The SMILES string of the molecule is CC/C=C\C/C=C\C/C=C\CCCCCCCC(=O)NC(COC1OC(CO)C(OC2OC(CO)C(O)C(O)C2O)C(O)C1O)C(O)CCCCCCCCCCCCCCC. The third-order valence-electron chi connectivity index (χ3n) is 11.9. The van der Waals surface area contributed by atoms with E-state index in [1.165, 1.54) is 57.8 Å². The molecule has 0 bridgehead atoms. The minimum absolute atomic E-state index is 0.226. The molecule has 362 valence electrons. The van der Waals surface area contributed by atoms with Crippen LogP contribution in [0.3, 0.4) is 0 Å². The van der Waals surface area contributed by atoms with Crippen LogP contribution in [0.5, 0.6) is 0 Å². The molecule has 12 unspecified atom stereocenters. The molecule has 14 nitrogen and oxygen atoms in total. The molecule has 12 atom stereocenters. The number of ether oxygens (including phenoxy) is 4. The van der Waals surface area contributed by atoms with Crippen molar-refractivity contribution in [2.75, 3.05) is 19.8 Å². The van der Waals surface area contributed by atoms with Crippen LogP contribution in [0.15, 0.2) is 36.5 Å². The van der Waals surface area contributed by atoms with Crippen molar-refractivity contribution in [3.8, 4) is 0 Å². The van der Waals surface area contributed by atoms with Gasteiger partial charge in [-0.15, -0.1) is 0 Å². The molecule has 1 amide bonds. The lowest BCUT2D eigenvalue weighted by molar-refractivity contribution is -0.359. The molecule has 0 spiro atoms. The first-order valence-electron chi connectivity index (χ1n) is 24.2. The van der Waals surface area contributed by atoms with Gasteiger partial charge in [0, 0.05) is 6.42 Å². The number of aliphatic hydroxyl groups excluding tert-OH is 8. The van der Waals surface area contributed by atoms with Crippen LogP contribution in [0, 0.1) is 0 Å². The molecule has 2 saturated heterocycles. The van der Waals surface area contributed by atoms with Gasteiger partial charge >= 0.3 is 0 Å². The highest BCUT2D eigenvalue weighted by molar-refractivity contribution is 5.76. The summed E-state index contributed by atoms with van der Waals surface area (Å²) in [4.78, 5) is 13.1. The molecule has 2 rings (SSSR count). The fourth-order valence-electron chi connectivity index (χ4n) is 7.90. The van der Waals surface area contributed by atoms with Crippen LogP contribution in [-0.4, -0.2) is 140 Å². The number of unbranched alkanes of at least 4 members (excludes halogenated alkanes) is 17. The van der Waals surface area contributed by atoms with E-state index in [1.807, 2.05) is 0 Å². The van der Waals surface area contributed by atoms with E-state index in [9.17, 15) is 45.6 Å². The van der Waals surface area contributed by atoms with Crippen molar-refractivity contribution in [1.82, 2.24) is 5.32 Å². The zero-order valence-electron chi connectivity index (χ0n) is 38.1. The maximum absolute atomic E-state index is 13.1. The summed E-state index contributed by atoms with van der Waals surface area (Å²) in [5.41, 5.74) is 0. The number of nitrogens with one attached hydrogen (secondary N) is 1. The van der Waals surface area contributed by atoms with Crippen molar-refractivity contribution in [2.24, 2.45) is 0 Å². The van der Waals surface area contributed by atoms with E-state index in [2.05, 4.69) is 55.6 Å². The molecule has 0 aromatic heterocycles. The van der Waals surface area contributed by atoms with Crippen molar-refractivity contribution in [3.05, 3.63) is 36.5 Å². The fraction of sp³-hybridized carbons (Fsp3) is 0.854. The Morgan fingerprint density at radius 2 is 1.11 bits per heavy atom. The van der Waals surface area contributed by atoms with Crippen molar-refractivity contribution in [2.45, 2.75) is 242 Å². The van der Waals surface area contributed by atoms with Crippen LogP contribution >= 0.6 is 0 Å². The van der Waals surface area contributed by atoms with Gasteiger partial charge in [0.15, 0.2) is 12.6 Å². The van der Waals surface area contributed by atoms with Gasteiger partial charge in [-0.3, -0.25) is 4.79 Å². The average molecular weight is 886 g/mol. The van der Waals surface area contributed by atoms with Gasteiger partial charge in [-0.1, -0.05) is 153 Å². The Hall–Kier alpha value is -1.79. The molecular weight excluding hydrogens is 799 g/mol. The van der Waals surface area contributed by atoms with E-state index in [0.717, 1.165) is 77.0 Å². The first-order chi connectivity index (χ1) is 30.1. The van der Waals surface area contributed by atoms with Crippen LogP contribution in [0.1, 0.15) is 168 Å². The molecule has 2 aliphatic rings. The van der Waals surface area contributed by atoms with Crippen molar-refractivity contribution < 1.29 is 64.6 Å². The smallest absolute Gasteiger partial charge is 0.220 e. The summed E-state index contributed by atoms with van der Waals surface area (Å²) in [5, 5.41) is 86.7. The minimum Gasteiger partial charge on any atom is -0.394 e. The Bertz CT molecular complexity index is 1190. The zero-order valence-corrected chi connectivity index (χ0v) is 38.1. The van der Waals surface area contributed by atoms with Gasteiger partial charge in [-0.25, -0.2) is 0 Å². The summed E-state index contributed by atoms with van der Waals surface area (Å²) in [6, 6.07) is -0.835. The second kappa shape index (κ2) is 35.5. The topological polar surface area (TPSA) is 228 Å². The highest BCUT2D eigenvalue weighted by atomic mass is 16.7. The van der Waals surface area contributed by atoms with E-state index in [-0.39, 0.29) is 18.9 Å². The minimum atomic E-state index is -1.78. The van der Waals surface area contributed by atoms with Crippen molar-refractivity contribution in [3.63, 3.8) is 0 Å². The van der Waals surface area contributed by atoms with Gasteiger partial charge in [0.1, 0.15) is 48.8 Å². The Morgan fingerprint density at radius 3 is 1.71 bits per heavy atom. The molecule has 2 heterocycles. The summed E-state index contributed by atoms with van der Waals surface area (Å²) in [7, 11) is 0. The monoisotopic (exact) mass is 886 g/mol. The molecule has 62 heavy (non-hydrogen) atoms. The van der Waals surface area contributed by atoms with E-state index >= 15 is 0 Å². The summed E-state index contributed by atoms with van der Waals surface area (Å²) in [5.74, 6) is -0.226. The number of hydrogen-bond donors (Lipinski definition) is 9. The van der Waals surface area contributed by atoms with Gasteiger partial charge < -0.3 is 65.1 Å². The lowest BCUT2D eigenvalue weighted by Crippen LogP contribution is -2.65. The number of amides is 1. The van der Waals surface area contributed by atoms with Gasteiger partial charge in [0.2, 0.25) is 5.91 Å². The molecular formula is C48H87NO13. The maximum Gasteiger partial charge on any atom is 0.220 e. The van der Waals surface area contributed by atoms with E-state index in [1.54, 1.807) is 0 Å². The normalized spacial score (nSPS) is 28.0. The molecule has 0 aliphatic carbocycles. The molecule has 14 heteroatoms. The Morgan fingerprint density at radius 1 is 0.597 bits per heavy atom. The zero-order chi connectivity index (χ0) is 45.4. The largest absolute Gasteiger partial charge is 0.394 e. The maximum atomic E-state index is 13.1. The lowest BCUT2D eigenvalue weighted by Gasteiger charge is -2.46. The highest BCUT2D eigenvalue weighted by Crippen LogP contribution is 2.30. The first kappa shape index (κ1) is 56.3. The first-order valence-corrected chi connectivity index (χ1v) is 24.2. The Balaban J connectivity index is 1.87. The molecule has 2 aliphatic heterocycles. The fourth-order valence-corrected chi connectivity index (χ4v) is 7.90. The summed E-state index contributed by atoms with van der Waals surface area (Å²) < 4.78 is 22.7. The Labute approximate surface area is 372 Å². The van der Waals surface area contributed by atoms with Gasteiger partial charge in [0.25, 0.3) is 0 Å². The number of aliphatic hydroxyl groups is 8. The highest BCUT2D eigenvalue weighted by Gasteiger charge is 2.51. The number of allylic oxidation sites excluding steroid dienone is 6. The lowest BCUT2D eigenvalue weighted by atomic mass is 9.97. The standard InChI is InChI=1S/C48H87NO13/c1-3-5-7-9-11-13-15-17-18-20-22-24-26-28-30-32-40(53)49-36(37(52)31-29-27-25-23-21-19-16-14-12-10-8-6-4-2)35-59-47-45(58)43(56)46(39(34-51)61-47)62-48-44(57)42(55)41(54)38(33-50)60-48/h5,7,11,13,17-18,36-39,41-48,50-52,54-58H,3-4,6,8-10,12,14-16,19-35H2,1-2H3,(H,49,53)/b7-5-,13-11-,18-17-.